The fourth-order valence-corrected chi connectivity index (χ4v) is 1.99. The van der Waals surface area contributed by atoms with Crippen LogP contribution in [0, 0.1) is 15.9 Å². The second kappa shape index (κ2) is 7.88. The molecule has 0 radical (unpaired) electrons. The van der Waals surface area contributed by atoms with Crippen LogP contribution in [0.25, 0.3) is 0 Å². The first-order valence-corrected chi connectivity index (χ1v) is 7.04. The van der Waals surface area contributed by atoms with Gasteiger partial charge in [-0.15, -0.1) is 0 Å². The summed E-state index contributed by atoms with van der Waals surface area (Å²) in [6.45, 7) is 0.372. The van der Waals surface area contributed by atoms with E-state index in [0.29, 0.717) is 13.0 Å². The van der Waals surface area contributed by atoms with Crippen LogP contribution in [-0.4, -0.2) is 23.9 Å². The molecule has 1 amide bonds. The highest BCUT2D eigenvalue weighted by Crippen LogP contribution is 2.20. The SMILES string of the molecule is O=C(CNc1ccc([N+](=O)[O-])cc1F)NCCc1ccccc1. The third-order valence-electron chi connectivity index (χ3n) is 3.18. The lowest BCUT2D eigenvalue weighted by Gasteiger charge is -2.08. The molecule has 0 unspecified atom stereocenters. The fourth-order valence-electron chi connectivity index (χ4n) is 1.99. The monoisotopic (exact) mass is 317 g/mol. The van der Waals surface area contributed by atoms with Gasteiger partial charge in [0, 0.05) is 12.6 Å². The van der Waals surface area contributed by atoms with E-state index in [9.17, 15) is 19.3 Å². The Morgan fingerprint density at radius 3 is 2.57 bits per heavy atom. The fraction of sp³-hybridized carbons (Fsp3) is 0.188. The molecule has 23 heavy (non-hydrogen) atoms. The molecule has 0 atom stereocenters. The molecule has 120 valence electrons. The number of non-ortho nitro benzene ring substituents is 1. The van der Waals surface area contributed by atoms with Crippen LogP contribution >= 0.6 is 0 Å². The molecule has 0 aliphatic heterocycles. The molecular formula is C16H16FN3O3. The average molecular weight is 317 g/mol. The molecule has 0 aliphatic carbocycles. The maximum absolute atomic E-state index is 13.6. The summed E-state index contributed by atoms with van der Waals surface area (Å²) in [7, 11) is 0. The molecular weight excluding hydrogens is 301 g/mol. The van der Waals surface area contributed by atoms with Gasteiger partial charge in [0.2, 0.25) is 5.91 Å². The molecule has 2 aromatic carbocycles. The van der Waals surface area contributed by atoms with Crippen LogP contribution < -0.4 is 10.6 Å². The number of halogens is 1. The van der Waals surface area contributed by atoms with Gasteiger partial charge in [0.05, 0.1) is 23.2 Å². The van der Waals surface area contributed by atoms with Gasteiger partial charge in [-0.25, -0.2) is 4.39 Å². The van der Waals surface area contributed by atoms with Crippen LogP contribution in [0.1, 0.15) is 5.56 Å². The van der Waals surface area contributed by atoms with Crippen molar-refractivity contribution in [2.24, 2.45) is 0 Å². The molecule has 2 N–H and O–H groups in total. The van der Waals surface area contributed by atoms with Gasteiger partial charge in [0.15, 0.2) is 5.82 Å². The molecule has 0 bridgehead atoms. The number of carbonyl (C=O) groups excluding carboxylic acids is 1. The summed E-state index contributed by atoms with van der Waals surface area (Å²) in [5.41, 5.74) is 0.830. The number of amides is 1. The lowest BCUT2D eigenvalue weighted by molar-refractivity contribution is -0.385. The summed E-state index contributed by atoms with van der Waals surface area (Å²) < 4.78 is 13.6. The van der Waals surface area contributed by atoms with Crippen molar-refractivity contribution in [2.45, 2.75) is 6.42 Å². The van der Waals surface area contributed by atoms with Crippen molar-refractivity contribution in [1.82, 2.24) is 5.32 Å². The highest BCUT2D eigenvalue weighted by atomic mass is 19.1. The standard InChI is InChI=1S/C16H16FN3O3/c17-14-10-13(20(22)23)6-7-15(14)19-11-16(21)18-9-8-12-4-2-1-3-5-12/h1-7,10,19H,8-9,11H2,(H,18,21). The zero-order valence-corrected chi connectivity index (χ0v) is 12.3. The van der Waals surface area contributed by atoms with E-state index in [1.807, 2.05) is 30.3 Å². The van der Waals surface area contributed by atoms with Crippen molar-refractivity contribution in [2.75, 3.05) is 18.4 Å². The largest absolute Gasteiger partial charge is 0.374 e. The van der Waals surface area contributed by atoms with Crippen molar-refractivity contribution in [3.05, 3.63) is 70.0 Å². The highest BCUT2D eigenvalue weighted by Gasteiger charge is 2.11. The summed E-state index contributed by atoms with van der Waals surface area (Å²) in [5, 5.41) is 15.9. The zero-order chi connectivity index (χ0) is 16.7. The number of rotatable bonds is 7. The molecule has 0 fully saturated rings. The van der Waals surface area contributed by atoms with Crippen LogP contribution in [0.2, 0.25) is 0 Å². The number of nitrogens with zero attached hydrogens (tertiary/aromatic N) is 1. The van der Waals surface area contributed by atoms with E-state index in [4.69, 9.17) is 0 Å². The Bertz CT molecular complexity index is 692. The Balaban J connectivity index is 1.77. The van der Waals surface area contributed by atoms with E-state index in [2.05, 4.69) is 10.6 Å². The number of carbonyl (C=O) groups is 1. The Morgan fingerprint density at radius 2 is 1.91 bits per heavy atom. The Kier molecular flexibility index (Phi) is 5.62. The van der Waals surface area contributed by atoms with Crippen molar-refractivity contribution in [1.29, 1.82) is 0 Å². The molecule has 0 saturated carbocycles. The number of benzene rings is 2. The Morgan fingerprint density at radius 1 is 1.17 bits per heavy atom. The van der Waals surface area contributed by atoms with E-state index in [-0.39, 0.29) is 23.8 Å². The van der Waals surface area contributed by atoms with Crippen LogP contribution in [0.3, 0.4) is 0 Å². The molecule has 0 aliphatic rings. The first-order valence-electron chi connectivity index (χ1n) is 7.04. The van der Waals surface area contributed by atoms with Crippen molar-refractivity contribution < 1.29 is 14.1 Å². The van der Waals surface area contributed by atoms with Gasteiger partial charge in [-0.3, -0.25) is 14.9 Å². The first kappa shape index (κ1) is 16.4. The number of anilines is 1. The molecule has 0 heterocycles. The minimum Gasteiger partial charge on any atom is -0.374 e. The van der Waals surface area contributed by atoms with Gasteiger partial charge in [0.1, 0.15) is 0 Å². The van der Waals surface area contributed by atoms with E-state index >= 15 is 0 Å². The highest BCUT2D eigenvalue weighted by molar-refractivity contribution is 5.80. The third kappa shape index (κ3) is 5.06. The molecule has 7 heteroatoms. The zero-order valence-electron chi connectivity index (χ0n) is 12.3. The summed E-state index contributed by atoms with van der Waals surface area (Å²) in [6.07, 6.45) is 0.707. The first-order chi connectivity index (χ1) is 11.1. The second-order valence-corrected chi connectivity index (χ2v) is 4.86. The van der Waals surface area contributed by atoms with E-state index in [0.717, 1.165) is 11.6 Å². The molecule has 0 aromatic heterocycles. The molecule has 2 aromatic rings. The predicted octanol–water partition coefficient (Wildman–Crippen LogP) is 2.50. The lowest BCUT2D eigenvalue weighted by atomic mass is 10.1. The number of nitro benzene ring substituents is 1. The summed E-state index contributed by atoms with van der Waals surface area (Å²) in [6, 6.07) is 12.9. The molecule has 2 rings (SSSR count). The Hall–Kier alpha value is -2.96. The normalized spacial score (nSPS) is 10.1. The minimum absolute atomic E-state index is 0.0498. The number of nitro groups is 1. The third-order valence-corrected chi connectivity index (χ3v) is 3.18. The minimum atomic E-state index is -0.767. The van der Waals surface area contributed by atoms with Crippen LogP contribution in [-0.2, 0) is 11.2 Å². The number of nitrogens with one attached hydrogen (secondary N) is 2. The van der Waals surface area contributed by atoms with Crippen LogP contribution in [0.15, 0.2) is 48.5 Å². The van der Waals surface area contributed by atoms with Gasteiger partial charge in [0.25, 0.3) is 5.69 Å². The summed E-state index contributed by atoms with van der Waals surface area (Å²) >= 11 is 0. The smallest absolute Gasteiger partial charge is 0.272 e. The van der Waals surface area contributed by atoms with Gasteiger partial charge >= 0.3 is 0 Å². The average Bonchev–Trinajstić information content (AvgIpc) is 2.54. The summed E-state index contributed by atoms with van der Waals surface area (Å²) in [5.74, 6) is -1.05. The van der Waals surface area contributed by atoms with Gasteiger partial charge in [-0.2, -0.15) is 0 Å². The van der Waals surface area contributed by atoms with Crippen LogP contribution in [0.5, 0.6) is 0 Å². The number of hydrogen-bond acceptors (Lipinski definition) is 4. The van der Waals surface area contributed by atoms with Crippen LogP contribution in [0.4, 0.5) is 15.8 Å². The number of hydrogen-bond donors (Lipinski definition) is 2. The molecule has 0 spiro atoms. The quantitative estimate of drug-likeness (QED) is 0.607. The van der Waals surface area contributed by atoms with E-state index in [1.165, 1.54) is 12.1 Å². The lowest BCUT2D eigenvalue weighted by Crippen LogP contribution is -2.31. The Labute approximate surface area is 132 Å². The van der Waals surface area contributed by atoms with Gasteiger partial charge in [-0.05, 0) is 18.1 Å². The topological polar surface area (TPSA) is 84.3 Å². The maximum atomic E-state index is 13.6. The summed E-state index contributed by atoms with van der Waals surface area (Å²) in [4.78, 5) is 21.5. The van der Waals surface area contributed by atoms with Gasteiger partial charge in [-0.1, -0.05) is 30.3 Å². The molecule has 0 saturated heterocycles. The van der Waals surface area contributed by atoms with Crippen molar-refractivity contribution in [3.63, 3.8) is 0 Å². The predicted molar refractivity (Wildman–Crippen MR) is 84.7 cm³/mol. The van der Waals surface area contributed by atoms with E-state index in [1.54, 1.807) is 0 Å². The van der Waals surface area contributed by atoms with Gasteiger partial charge < -0.3 is 10.6 Å². The molecule has 6 nitrogen and oxygen atoms in total. The van der Waals surface area contributed by atoms with Crippen molar-refractivity contribution >= 4 is 17.3 Å². The second-order valence-electron chi connectivity index (χ2n) is 4.86. The van der Waals surface area contributed by atoms with Crippen molar-refractivity contribution in [3.8, 4) is 0 Å². The maximum Gasteiger partial charge on any atom is 0.272 e. The van der Waals surface area contributed by atoms with E-state index < -0.39 is 10.7 Å².